The molecule has 4 N–H and O–H groups in total. The van der Waals surface area contributed by atoms with Gasteiger partial charge in [-0.15, -0.1) is 0 Å². The molecule has 8 aliphatic rings. The number of aliphatic hydroxyl groups excluding tert-OH is 4. The van der Waals surface area contributed by atoms with Crippen molar-refractivity contribution in [2.45, 2.75) is 75.3 Å². The van der Waals surface area contributed by atoms with Crippen molar-refractivity contribution in [2.24, 2.45) is 23.7 Å². The number of aliphatic hydroxyl groups is 4. The molecule has 0 radical (unpaired) electrons. The first-order valence-electron chi connectivity index (χ1n) is 13.2. The number of rotatable bonds is 0. The normalized spacial score (nSPS) is 49.7. The summed E-state index contributed by atoms with van der Waals surface area (Å²) in [6.45, 7) is 4.78. The number of ether oxygens (including phenoxy) is 8. The second-order valence-corrected chi connectivity index (χ2v) is 10.4. The standard InChI is InChI=1S/4C6H10O3/c4*7-5-3-9-6-4(5)1-2-8-6/h4*4-7H,1-3H2/t2*4-,5+,6+;2*4-,5-,6+/m1010/s1. The topological polar surface area (TPSA) is 155 Å². The van der Waals surface area contributed by atoms with Crippen molar-refractivity contribution in [3.8, 4) is 0 Å². The maximum atomic E-state index is 9.19. The number of hydrogen-bond donors (Lipinski definition) is 4. The molecule has 0 aromatic carbocycles. The highest BCUT2D eigenvalue weighted by Crippen LogP contribution is 2.33. The minimum atomic E-state index is -0.280. The molecule has 8 saturated heterocycles. The Morgan fingerprint density at radius 1 is 0.333 bits per heavy atom. The summed E-state index contributed by atoms with van der Waals surface area (Å²) in [6.07, 6.45) is 2.29. The lowest BCUT2D eigenvalue weighted by Crippen LogP contribution is -2.18. The van der Waals surface area contributed by atoms with Crippen molar-refractivity contribution < 1.29 is 58.3 Å². The van der Waals surface area contributed by atoms with Crippen molar-refractivity contribution in [2.75, 3.05) is 52.9 Å². The molecule has 8 rings (SSSR count). The lowest BCUT2D eigenvalue weighted by atomic mass is 10.0. The van der Waals surface area contributed by atoms with Crippen molar-refractivity contribution in [1.29, 1.82) is 0 Å². The molecule has 8 heterocycles. The van der Waals surface area contributed by atoms with Gasteiger partial charge in [0, 0.05) is 23.7 Å². The average Bonchev–Trinajstić information content (AvgIpc) is 3.70. The Kier molecular flexibility index (Phi) is 9.47. The maximum absolute atomic E-state index is 9.19. The molecule has 12 atom stereocenters. The van der Waals surface area contributed by atoms with E-state index in [1.807, 2.05) is 0 Å². The molecule has 8 aliphatic heterocycles. The fourth-order valence-corrected chi connectivity index (χ4v) is 5.77. The maximum Gasteiger partial charge on any atom is 0.163 e. The van der Waals surface area contributed by atoms with Gasteiger partial charge in [0.1, 0.15) is 0 Å². The first-order chi connectivity index (χ1) is 17.5. The van der Waals surface area contributed by atoms with E-state index in [2.05, 4.69) is 0 Å². The molecule has 8 fully saturated rings. The molecule has 0 spiro atoms. The largest absolute Gasteiger partial charge is 0.390 e. The number of hydrogen-bond acceptors (Lipinski definition) is 12. The van der Waals surface area contributed by atoms with Gasteiger partial charge in [-0.2, -0.15) is 0 Å². The summed E-state index contributed by atoms with van der Waals surface area (Å²) in [6, 6.07) is 0. The molecular formula is C24H40O12. The van der Waals surface area contributed by atoms with Gasteiger partial charge >= 0.3 is 0 Å². The molecule has 208 valence electrons. The van der Waals surface area contributed by atoms with Gasteiger partial charge in [0.2, 0.25) is 0 Å². The first kappa shape index (κ1) is 27.1. The van der Waals surface area contributed by atoms with Crippen LogP contribution in [-0.4, -0.2) is 123 Å². The van der Waals surface area contributed by atoms with E-state index in [0.717, 1.165) is 52.1 Å². The molecule has 12 nitrogen and oxygen atoms in total. The highest BCUT2D eigenvalue weighted by atomic mass is 16.7. The lowest BCUT2D eigenvalue weighted by Gasteiger charge is -2.06. The predicted octanol–water partition coefficient (Wildman–Crippen LogP) is -1.04. The highest BCUT2D eigenvalue weighted by molar-refractivity contribution is 4.84. The Morgan fingerprint density at radius 3 is 0.750 bits per heavy atom. The van der Waals surface area contributed by atoms with Crippen LogP contribution in [0.2, 0.25) is 0 Å². The van der Waals surface area contributed by atoms with Crippen LogP contribution in [0.5, 0.6) is 0 Å². The average molecular weight is 521 g/mol. The van der Waals surface area contributed by atoms with Crippen LogP contribution in [0, 0.1) is 23.7 Å². The minimum Gasteiger partial charge on any atom is -0.390 e. The van der Waals surface area contributed by atoms with E-state index in [1.54, 1.807) is 0 Å². The minimum absolute atomic E-state index is 0.0972. The predicted molar refractivity (Wildman–Crippen MR) is 119 cm³/mol. The van der Waals surface area contributed by atoms with E-state index in [-0.39, 0.29) is 73.2 Å². The fraction of sp³-hybridized carbons (Fsp3) is 1.00. The van der Waals surface area contributed by atoms with Gasteiger partial charge in [0.05, 0.1) is 77.3 Å². The van der Waals surface area contributed by atoms with E-state index in [0.29, 0.717) is 26.4 Å². The van der Waals surface area contributed by atoms with Crippen LogP contribution < -0.4 is 0 Å². The van der Waals surface area contributed by atoms with Gasteiger partial charge < -0.3 is 58.3 Å². The summed E-state index contributed by atoms with van der Waals surface area (Å²) >= 11 is 0. The quantitative estimate of drug-likeness (QED) is 0.308. The third-order valence-corrected chi connectivity index (χ3v) is 8.03. The third-order valence-electron chi connectivity index (χ3n) is 8.03. The molecule has 12 heteroatoms. The molecular weight excluding hydrogens is 480 g/mol. The summed E-state index contributed by atoms with van der Waals surface area (Å²) in [4.78, 5) is 0. The van der Waals surface area contributed by atoms with Crippen LogP contribution in [-0.2, 0) is 37.9 Å². The van der Waals surface area contributed by atoms with Crippen molar-refractivity contribution in [3.05, 3.63) is 0 Å². The van der Waals surface area contributed by atoms with Crippen LogP contribution >= 0.6 is 0 Å². The van der Waals surface area contributed by atoms with Gasteiger partial charge in [0.15, 0.2) is 25.2 Å². The van der Waals surface area contributed by atoms with Crippen LogP contribution in [0.4, 0.5) is 0 Å². The third kappa shape index (κ3) is 6.22. The zero-order valence-corrected chi connectivity index (χ0v) is 20.5. The summed E-state index contributed by atoms with van der Waals surface area (Å²) < 4.78 is 41.1. The van der Waals surface area contributed by atoms with E-state index in [1.165, 1.54) is 0 Å². The summed E-state index contributed by atoms with van der Waals surface area (Å²) in [5.41, 5.74) is 0. The Labute approximate surface area is 210 Å². The zero-order chi connectivity index (χ0) is 25.1. The lowest BCUT2D eigenvalue weighted by molar-refractivity contribution is -0.0909. The van der Waals surface area contributed by atoms with E-state index < -0.39 is 0 Å². The van der Waals surface area contributed by atoms with E-state index in [4.69, 9.17) is 37.9 Å². The second kappa shape index (κ2) is 12.6. The van der Waals surface area contributed by atoms with Crippen molar-refractivity contribution in [3.63, 3.8) is 0 Å². The molecule has 0 aromatic rings. The van der Waals surface area contributed by atoms with Gasteiger partial charge in [-0.25, -0.2) is 0 Å². The summed E-state index contributed by atoms with van der Waals surface area (Å²) in [5, 5.41) is 36.8. The zero-order valence-electron chi connectivity index (χ0n) is 20.5. The van der Waals surface area contributed by atoms with Crippen LogP contribution in [0.3, 0.4) is 0 Å². The Hall–Kier alpha value is -0.480. The van der Waals surface area contributed by atoms with Crippen LogP contribution in [0.25, 0.3) is 0 Å². The van der Waals surface area contributed by atoms with Crippen molar-refractivity contribution >= 4 is 0 Å². The smallest absolute Gasteiger partial charge is 0.163 e. The Balaban J connectivity index is 0.0000000988. The molecule has 0 amide bonds. The van der Waals surface area contributed by atoms with Gasteiger partial charge in [-0.1, -0.05) is 0 Å². The summed E-state index contributed by atoms with van der Waals surface area (Å²) in [5.74, 6) is 1.02. The SMILES string of the molecule is O[C@@H]1CO[C@@H]2OCC[C@@H]21.O[C@@H]1CO[C@H]2OCC[C@H]21.O[C@H]1CO[C@@H]2OCC[C@@H]21.O[C@H]1CO[C@H]2OCC[C@H]21. The summed E-state index contributed by atoms with van der Waals surface area (Å²) in [7, 11) is 0. The molecule has 0 saturated carbocycles. The molecule has 0 unspecified atom stereocenters. The number of fused-ring (bicyclic) bond motifs is 4. The van der Waals surface area contributed by atoms with Gasteiger partial charge in [0.25, 0.3) is 0 Å². The van der Waals surface area contributed by atoms with Gasteiger partial charge in [-0.3, -0.25) is 0 Å². The van der Waals surface area contributed by atoms with E-state index in [9.17, 15) is 20.4 Å². The Bertz CT molecular complexity index is 571. The molecule has 0 aromatic heterocycles. The van der Waals surface area contributed by atoms with Crippen LogP contribution in [0.1, 0.15) is 25.7 Å². The molecule has 0 bridgehead atoms. The second-order valence-electron chi connectivity index (χ2n) is 10.4. The van der Waals surface area contributed by atoms with Gasteiger partial charge in [-0.05, 0) is 25.7 Å². The highest BCUT2D eigenvalue weighted by Gasteiger charge is 2.42. The monoisotopic (exact) mass is 520 g/mol. The molecule has 0 aliphatic carbocycles. The van der Waals surface area contributed by atoms with Crippen molar-refractivity contribution in [1.82, 2.24) is 0 Å². The molecule has 36 heavy (non-hydrogen) atoms. The first-order valence-corrected chi connectivity index (χ1v) is 13.2. The fourth-order valence-electron chi connectivity index (χ4n) is 5.77. The van der Waals surface area contributed by atoms with Crippen LogP contribution in [0.15, 0.2) is 0 Å². The van der Waals surface area contributed by atoms with E-state index >= 15 is 0 Å². The Morgan fingerprint density at radius 2 is 0.556 bits per heavy atom.